The van der Waals surface area contributed by atoms with Crippen LogP contribution in [0.4, 0.5) is 13.6 Å². The number of cyclic esters (lactones) is 1. The first-order chi connectivity index (χ1) is 7.90. The van der Waals surface area contributed by atoms with Crippen LogP contribution < -0.4 is 5.32 Å². The normalized spacial score (nSPS) is 21.5. The molecule has 4 nitrogen and oxygen atoms in total. The van der Waals surface area contributed by atoms with E-state index in [4.69, 9.17) is 11.6 Å². The van der Waals surface area contributed by atoms with Gasteiger partial charge in [-0.2, -0.15) is 0 Å². The van der Waals surface area contributed by atoms with Crippen molar-refractivity contribution in [3.63, 3.8) is 0 Å². The monoisotopic (exact) mass is 299 g/mol. The summed E-state index contributed by atoms with van der Waals surface area (Å²) in [5.41, 5.74) is -0.140. The van der Waals surface area contributed by atoms with E-state index in [1.54, 1.807) is 0 Å². The summed E-state index contributed by atoms with van der Waals surface area (Å²) in [6.45, 7) is -1.03. The molecule has 2 N–H and O–H groups in total. The van der Waals surface area contributed by atoms with Crippen LogP contribution in [0.1, 0.15) is 11.6 Å². The zero-order valence-corrected chi connectivity index (χ0v) is 10.4. The van der Waals surface area contributed by atoms with Crippen LogP contribution in [0.2, 0.25) is 5.02 Å². The molecule has 0 unspecified atom stereocenters. The number of amides is 1. The highest BCUT2D eigenvalue weighted by Crippen LogP contribution is 2.39. The Kier molecular flexibility index (Phi) is 4.24. The molecule has 0 bridgehead atoms. The van der Waals surface area contributed by atoms with Gasteiger partial charge in [-0.25, -0.2) is 13.6 Å². The Morgan fingerprint density at radius 1 is 1.50 bits per heavy atom. The highest BCUT2D eigenvalue weighted by molar-refractivity contribution is 6.30. The number of aromatic hydroxyl groups is 1. The number of hydrogen-bond acceptors (Lipinski definition) is 3. The van der Waals surface area contributed by atoms with Gasteiger partial charge in [-0.3, -0.25) is 0 Å². The predicted molar refractivity (Wildman–Crippen MR) is 62.5 cm³/mol. The number of hydrogen-bond donors (Lipinski definition) is 2. The van der Waals surface area contributed by atoms with Crippen molar-refractivity contribution in [1.82, 2.24) is 5.32 Å². The fourth-order valence-corrected chi connectivity index (χ4v) is 1.75. The molecule has 0 aromatic heterocycles. The lowest BCUT2D eigenvalue weighted by atomic mass is 9.99. The number of carbonyl (C=O) groups excluding carboxylic acids is 1. The van der Waals surface area contributed by atoms with E-state index in [2.05, 4.69) is 4.74 Å². The molecule has 1 fully saturated rings. The second-order valence-corrected chi connectivity index (χ2v) is 4.05. The first kappa shape index (κ1) is 14.8. The Hall–Kier alpha value is -1.27. The number of rotatable bonds is 1. The maximum atomic E-state index is 13.5. The Labute approximate surface area is 112 Å². The highest BCUT2D eigenvalue weighted by atomic mass is 35.5. The lowest BCUT2D eigenvalue weighted by Gasteiger charge is -2.32. The van der Waals surface area contributed by atoms with Crippen molar-refractivity contribution in [2.45, 2.75) is 12.0 Å². The van der Waals surface area contributed by atoms with Crippen LogP contribution >= 0.6 is 24.0 Å². The van der Waals surface area contributed by atoms with Gasteiger partial charge in [0.25, 0.3) is 0 Å². The molecule has 1 aliphatic rings. The van der Waals surface area contributed by atoms with E-state index in [0.717, 1.165) is 0 Å². The molecule has 0 radical (unpaired) electrons. The number of phenolic OH excluding ortho intramolecular Hbond substituents is 1. The Morgan fingerprint density at radius 3 is 2.83 bits per heavy atom. The van der Waals surface area contributed by atoms with E-state index in [1.807, 2.05) is 5.32 Å². The van der Waals surface area contributed by atoms with Gasteiger partial charge in [0.15, 0.2) is 6.61 Å². The molecule has 2 rings (SSSR count). The number of benzene rings is 1. The van der Waals surface area contributed by atoms with Crippen molar-refractivity contribution in [1.29, 1.82) is 0 Å². The zero-order chi connectivity index (χ0) is 12.6. The maximum absolute atomic E-state index is 13.5. The SMILES string of the molecule is Cl.O=C1N[C@H](c2cc(Cl)ccc2O)C(F)(F)CO1. The Morgan fingerprint density at radius 2 is 2.17 bits per heavy atom. The third-order valence-corrected chi connectivity index (χ3v) is 2.62. The average molecular weight is 300 g/mol. The fourth-order valence-electron chi connectivity index (χ4n) is 1.57. The van der Waals surface area contributed by atoms with Crippen molar-refractivity contribution in [3.8, 4) is 5.75 Å². The van der Waals surface area contributed by atoms with Crippen molar-refractivity contribution >= 4 is 30.1 Å². The smallest absolute Gasteiger partial charge is 0.408 e. The second kappa shape index (κ2) is 5.16. The van der Waals surface area contributed by atoms with Gasteiger partial charge in [0, 0.05) is 10.6 Å². The van der Waals surface area contributed by atoms with E-state index in [-0.39, 0.29) is 28.7 Å². The molecule has 1 amide bonds. The van der Waals surface area contributed by atoms with Crippen molar-refractivity contribution in [2.75, 3.05) is 6.61 Å². The van der Waals surface area contributed by atoms with Crippen LogP contribution in [0.15, 0.2) is 18.2 Å². The third-order valence-electron chi connectivity index (χ3n) is 2.38. The summed E-state index contributed by atoms with van der Waals surface area (Å²) in [4.78, 5) is 10.9. The summed E-state index contributed by atoms with van der Waals surface area (Å²) in [5.74, 6) is -3.67. The average Bonchev–Trinajstić information content (AvgIpc) is 2.26. The summed E-state index contributed by atoms with van der Waals surface area (Å²) in [6.07, 6.45) is -0.958. The van der Waals surface area contributed by atoms with Gasteiger partial charge in [-0.05, 0) is 18.2 Å². The molecule has 0 saturated carbocycles. The number of nitrogens with one attached hydrogen (secondary N) is 1. The lowest BCUT2D eigenvalue weighted by Crippen LogP contribution is -2.49. The zero-order valence-electron chi connectivity index (χ0n) is 8.82. The van der Waals surface area contributed by atoms with Gasteiger partial charge in [0.05, 0.1) is 0 Å². The van der Waals surface area contributed by atoms with Crippen LogP contribution in [-0.2, 0) is 4.74 Å². The summed E-state index contributed by atoms with van der Waals surface area (Å²) in [6, 6.07) is 2.08. The number of ether oxygens (including phenoxy) is 1. The van der Waals surface area contributed by atoms with Gasteiger partial charge in [-0.1, -0.05) is 11.6 Å². The van der Waals surface area contributed by atoms with Crippen molar-refractivity contribution in [2.24, 2.45) is 0 Å². The molecule has 8 heteroatoms. The first-order valence-electron chi connectivity index (χ1n) is 4.70. The molecule has 0 spiro atoms. The van der Waals surface area contributed by atoms with Gasteiger partial charge in [0.2, 0.25) is 0 Å². The van der Waals surface area contributed by atoms with E-state index < -0.39 is 24.7 Å². The summed E-state index contributed by atoms with van der Waals surface area (Å²) in [5, 5.41) is 11.7. The lowest BCUT2D eigenvalue weighted by molar-refractivity contribution is -0.104. The Balaban J connectivity index is 0.00000162. The van der Waals surface area contributed by atoms with Crippen LogP contribution in [0.5, 0.6) is 5.75 Å². The molecule has 1 aliphatic heterocycles. The molecule has 1 atom stereocenters. The van der Waals surface area contributed by atoms with Gasteiger partial charge < -0.3 is 15.2 Å². The molecule has 1 aromatic carbocycles. The number of halogens is 4. The Bertz CT molecular complexity index is 470. The van der Waals surface area contributed by atoms with Crippen LogP contribution in [0, 0.1) is 0 Å². The van der Waals surface area contributed by atoms with Crippen molar-refractivity contribution < 1.29 is 23.4 Å². The van der Waals surface area contributed by atoms with E-state index >= 15 is 0 Å². The number of phenols is 1. The number of alkyl carbamates (subject to hydrolysis) is 1. The fraction of sp³-hybridized carbons (Fsp3) is 0.300. The van der Waals surface area contributed by atoms with Gasteiger partial charge in [0.1, 0.15) is 11.8 Å². The van der Waals surface area contributed by atoms with Gasteiger partial charge >= 0.3 is 12.0 Å². The third kappa shape index (κ3) is 2.76. The standard InChI is InChI=1S/C10H8ClF2NO3.ClH/c11-5-1-2-7(15)6(3-5)8-10(12,13)4-17-9(16)14-8;/h1-3,8,15H,4H2,(H,14,16);1H/t8-;/m1./s1. The molecule has 1 aromatic rings. The maximum Gasteiger partial charge on any atom is 0.408 e. The molecular weight excluding hydrogens is 291 g/mol. The highest BCUT2D eigenvalue weighted by Gasteiger charge is 2.47. The van der Waals surface area contributed by atoms with Gasteiger partial charge in [-0.15, -0.1) is 12.4 Å². The van der Waals surface area contributed by atoms with E-state index in [0.29, 0.717) is 0 Å². The molecule has 1 saturated heterocycles. The minimum atomic E-state index is -3.31. The molecular formula is C10H9Cl2F2NO3. The summed E-state index contributed by atoms with van der Waals surface area (Å²) >= 11 is 5.67. The number of alkyl halides is 2. The van der Waals surface area contributed by atoms with Crippen LogP contribution in [0.3, 0.4) is 0 Å². The molecule has 100 valence electrons. The molecule has 0 aliphatic carbocycles. The first-order valence-corrected chi connectivity index (χ1v) is 5.07. The second-order valence-electron chi connectivity index (χ2n) is 3.62. The molecule has 18 heavy (non-hydrogen) atoms. The minimum Gasteiger partial charge on any atom is -0.508 e. The van der Waals surface area contributed by atoms with Crippen molar-refractivity contribution in [3.05, 3.63) is 28.8 Å². The van der Waals surface area contributed by atoms with Crippen LogP contribution in [-0.4, -0.2) is 23.7 Å². The van der Waals surface area contributed by atoms with E-state index in [1.165, 1.54) is 18.2 Å². The quantitative estimate of drug-likeness (QED) is 0.838. The summed E-state index contributed by atoms with van der Waals surface area (Å²) < 4.78 is 31.3. The van der Waals surface area contributed by atoms with E-state index in [9.17, 15) is 18.7 Å². The minimum absolute atomic E-state index is 0. The van der Waals surface area contributed by atoms with Crippen LogP contribution in [0.25, 0.3) is 0 Å². The topological polar surface area (TPSA) is 58.6 Å². The largest absolute Gasteiger partial charge is 0.508 e. The number of carbonyl (C=O) groups is 1. The summed E-state index contributed by atoms with van der Waals surface area (Å²) in [7, 11) is 0. The molecule has 1 heterocycles. The predicted octanol–water partition coefficient (Wildman–Crippen LogP) is 2.88.